The lowest BCUT2D eigenvalue weighted by Crippen LogP contribution is -2.37. The molecule has 1 saturated carbocycles. The van der Waals surface area contributed by atoms with Gasteiger partial charge in [0.15, 0.2) is 0 Å². The van der Waals surface area contributed by atoms with Crippen LogP contribution in [0, 0.1) is 5.92 Å². The molecule has 0 radical (unpaired) electrons. The van der Waals surface area contributed by atoms with Crippen LogP contribution in [0.3, 0.4) is 0 Å². The average Bonchev–Trinajstić information content (AvgIpc) is 2.88. The second-order valence-electron chi connectivity index (χ2n) is 7.51. The first kappa shape index (κ1) is 17.8. The lowest BCUT2D eigenvalue weighted by Gasteiger charge is -2.28. The average molecular weight is 319 g/mol. The van der Waals surface area contributed by atoms with Crippen molar-refractivity contribution in [2.45, 2.75) is 64.7 Å². The third kappa shape index (κ3) is 6.22. The standard InChI is InChI=1S/C19H29NO3/c1-19(2,3)23-18(22)20(14-16-7-5-4-6-8-16)12-11-15-9-10-17(21)13-15/h4-8,15,17,21H,9-14H2,1-3H3/t15-,17-/m0/s1. The van der Waals surface area contributed by atoms with E-state index in [4.69, 9.17) is 4.74 Å². The number of amides is 1. The van der Waals surface area contributed by atoms with Gasteiger partial charge in [0, 0.05) is 13.1 Å². The molecule has 1 aromatic rings. The number of rotatable bonds is 5. The molecule has 0 aliphatic heterocycles. The third-order valence-corrected chi connectivity index (χ3v) is 4.19. The summed E-state index contributed by atoms with van der Waals surface area (Å²) < 4.78 is 5.55. The van der Waals surface area contributed by atoms with Crippen molar-refractivity contribution >= 4 is 6.09 Å². The minimum Gasteiger partial charge on any atom is -0.444 e. The summed E-state index contributed by atoms with van der Waals surface area (Å²) in [7, 11) is 0. The van der Waals surface area contributed by atoms with Crippen molar-refractivity contribution in [3.8, 4) is 0 Å². The highest BCUT2D eigenvalue weighted by molar-refractivity contribution is 5.68. The summed E-state index contributed by atoms with van der Waals surface area (Å²) in [5.41, 5.74) is 0.611. The number of ether oxygens (including phenoxy) is 1. The van der Waals surface area contributed by atoms with Gasteiger partial charge in [0.25, 0.3) is 0 Å². The van der Waals surface area contributed by atoms with Crippen LogP contribution in [-0.4, -0.2) is 34.3 Å². The van der Waals surface area contributed by atoms with Gasteiger partial charge >= 0.3 is 6.09 Å². The molecule has 0 aromatic heterocycles. The zero-order valence-corrected chi connectivity index (χ0v) is 14.5. The summed E-state index contributed by atoms with van der Waals surface area (Å²) in [5.74, 6) is 0.505. The number of hydrogen-bond donors (Lipinski definition) is 1. The smallest absolute Gasteiger partial charge is 0.410 e. The van der Waals surface area contributed by atoms with Gasteiger partial charge in [-0.2, -0.15) is 0 Å². The van der Waals surface area contributed by atoms with Gasteiger partial charge < -0.3 is 14.7 Å². The highest BCUT2D eigenvalue weighted by Gasteiger charge is 2.26. The van der Waals surface area contributed by atoms with Crippen LogP contribution in [0.1, 0.15) is 52.0 Å². The van der Waals surface area contributed by atoms with Crippen molar-refractivity contribution in [3.05, 3.63) is 35.9 Å². The van der Waals surface area contributed by atoms with Crippen LogP contribution in [0.4, 0.5) is 4.79 Å². The SMILES string of the molecule is CC(C)(C)OC(=O)N(CC[C@@H]1CC[C@H](O)C1)Cc1ccccc1. The van der Waals surface area contributed by atoms with E-state index in [1.807, 2.05) is 51.1 Å². The molecular formula is C19H29NO3. The summed E-state index contributed by atoms with van der Waals surface area (Å²) in [4.78, 5) is 14.3. The Bertz CT molecular complexity index is 495. The number of aliphatic hydroxyl groups excluding tert-OH is 1. The van der Waals surface area contributed by atoms with E-state index < -0.39 is 5.60 Å². The molecule has 2 rings (SSSR count). The van der Waals surface area contributed by atoms with Crippen LogP contribution in [0.2, 0.25) is 0 Å². The van der Waals surface area contributed by atoms with Gasteiger partial charge in [0.2, 0.25) is 0 Å². The molecule has 1 aliphatic carbocycles. The molecule has 0 spiro atoms. The zero-order valence-electron chi connectivity index (χ0n) is 14.5. The quantitative estimate of drug-likeness (QED) is 0.893. The van der Waals surface area contributed by atoms with E-state index in [0.717, 1.165) is 31.2 Å². The molecule has 23 heavy (non-hydrogen) atoms. The fraction of sp³-hybridized carbons (Fsp3) is 0.632. The van der Waals surface area contributed by atoms with E-state index in [-0.39, 0.29) is 12.2 Å². The van der Waals surface area contributed by atoms with E-state index in [1.165, 1.54) is 0 Å². The van der Waals surface area contributed by atoms with E-state index in [2.05, 4.69) is 0 Å². The Hall–Kier alpha value is -1.55. The number of nitrogens with zero attached hydrogens (tertiary/aromatic N) is 1. The Balaban J connectivity index is 1.97. The van der Waals surface area contributed by atoms with Crippen LogP contribution in [-0.2, 0) is 11.3 Å². The van der Waals surface area contributed by atoms with Crippen LogP contribution in [0.5, 0.6) is 0 Å². The minimum atomic E-state index is -0.491. The molecule has 0 bridgehead atoms. The van der Waals surface area contributed by atoms with Crippen LogP contribution in [0.25, 0.3) is 0 Å². The van der Waals surface area contributed by atoms with E-state index in [1.54, 1.807) is 4.90 Å². The maximum atomic E-state index is 12.5. The molecule has 0 saturated heterocycles. The lowest BCUT2D eigenvalue weighted by molar-refractivity contribution is 0.0223. The van der Waals surface area contributed by atoms with E-state index in [9.17, 15) is 9.90 Å². The molecule has 0 unspecified atom stereocenters. The van der Waals surface area contributed by atoms with Gasteiger partial charge in [0.1, 0.15) is 5.60 Å². The van der Waals surface area contributed by atoms with Gasteiger partial charge in [-0.1, -0.05) is 30.3 Å². The summed E-state index contributed by atoms with van der Waals surface area (Å²) in [6.07, 6.45) is 3.28. The van der Waals surface area contributed by atoms with Crippen LogP contribution >= 0.6 is 0 Å². The number of benzene rings is 1. The molecule has 1 fully saturated rings. The molecular weight excluding hydrogens is 290 g/mol. The maximum Gasteiger partial charge on any atom is 0.410 e. The summed E-state index contributed by atoms with van der Waals surface area (Å²) in [6.45, 7) is 6.89. The molecule has 4 nitrogen and oxygen atoms in total. The molecule has 0 heterocycles. The normalized spacial score (nSPS) is 21.2. The Morgan fingerprint density at radius 1 is 1.26 bits per heavy atom. The van der Waals surface area contributed by atoms with E-state index in [0.29, 0.717) is 19.0 Å². The van der Waals surface area contributed by atoms with Gasteiger partial charge in [-0.05, 0) is 57.9 Å². The highest BCUT2D eigenvalue weighted by Crippen LogP contribution is 2.28. The Labute approximate surface area is 139 Å². The van der Waals surface area contributed by atoms with Crippen molar-refractivity contribution in [1.29, 1.82) is 0 Å². The number of hydrogen-bond acceptors (Lipinski definition) is 3. The maximum absolute atomic E-state index is 12.5. The van der Waals surface area contributed by atoms with Gasteiger partial charge in [-0.25, -0.2) is 4.79 Å². The second-order valence-corrected chi connectivity index (χ2v) is 7.51. The molecule has 128 valence electrons. The van der Waals surface area contributed by atoms with Crippen molar-refractivity contribution in [2.24, 2.45) is 5.92 Å². The van der Waals surface area contributed by atoms with Crippen LogP contribution in [0.15, 0.2) is 30.3 Å². The summed E-state index contributed by atoms with van der Waals surface area (Å²) in [5, 5.41) is 9.66. The number of aliphatic hydroxyl groups is 1. The Morgan fingerprint density at radius 3 is 2.52 bits per heavy atom. The predicted molar refractivity (Wildman–Crippen MR) is 91.1 cm³/mol. The first-order valence-electron chi connectivity index (χ1n) is 8.53. The molecule has 2 atom stereocenters. The first-order chi connectivity index (χ1) is 10.8. The van der Waals surface area contributed by atoms with Gasteiger partial charge in [-0.3, -0.25) is 0 Å². The predicted octanol–water partition coefficient (Wildman–Crippen LogP) is 3.97. The zero-order chi connectivity index (χ0) is 16.9. The molecule has 1 N–H and O–H groups in total. The highest BCUT2D eigenvalue weighted by atomic mass is 16.6. The molecule has 4 heteroatoms. The van der Waals surface area contributed by atoms with Crippen LogP contribution < -0.4 is 0 Å². The van der Waals surface area contributed by atoms with Crippen molar-refractivity contribution < 1.29 is 14.6 Å². The summed E-state index contributed by atoms with van der Waals surface area (Å²) in [6, 6.07) is 9.99. The Kier molecular flexibility index (Phi) is 6.05. The minimum absolute atomic E-state index is 0.163. The third-order valence-electron chi connectivity index (χ3n) is 4.19. The molecule has 1 aromatic carbocycles. The fourth-order valence-corrected chi connectivity index (χ4v) is 3.01. The topological polar surface area (TPSA) is 49.8 Å². The number of carbonyl (C=O) groups excluding carboxylic acids is 1. The largest absolute Gasteiger partial charge is 0.444 e. The summed E-state index contributed by atoms with van der Waals surface area (Å²) >= 11 is 0. The lowest BCUT2D eigenvalue weighted by atomic mass is 10.0. The second kappa shape index (κ2) is 7.82. The first-order valence-corrected chi connectivity index (χ1v) is 8.53. The van der Waals surface area contributed by atoms with Crippen molar-refractivity contribution in [1.82, 2.24) is 4.90 Å². The van der Waals surface area contributed by atoms with E-state index >= 15 is 0 Å². The van der Waals surface area contributed by atoms with Crippen molar-refractivity contribution in [2.75, 3.05) is 6.54 Å². The molecule has 1 amide bonds. The monoisotopic (exact) mass is 319 g/mol. The fourth-order valence-electron chi connectivity index (χ4n) is 3.01. The molecule has 1 aliphatic rings. The number of carbonyl (C=O) groups is 1. The van der Waals surface area contributed by atoms with Gasteiger partial charge in [-0.15, -0.1) is 0 Å². The van der Waals surface area contributed by atoms with Gasteiger partial charge in [0.05, 0.1) is 6.10 Å². The Morgan fingerprint density at radius 2 is 1.96 bits per heavy atom. The van der Waals surface area contributed by atoms with Crippen molar-refractivity contribution in [3.63, 3.8) is 0 Å².